The van der Waals surface area contributed by atoms with Crippen molar-refractivity contribution in [2.75, 3.05) is 39.2 Å². The number of anilines is 1. The van der Waals surface area contributed by atoms with Crippen LogP contribution in [0.15, 0.2) is 6.33 Å². The first kappa shape index (κ1) is 36.8. The van der Waals surface area contributed by atoms with Gasteiger partial charge in [-0.3, -0.25) is 9.09 Å². The Kier molecular flexibility index (Phi) is 13.9. The van der Waals surface area contributed by atoms with E-state index < -0.39 is 77.4 Å². The lowest BCUT2D eigenvalue weighted by Gasteiger charge is -2.32. The molecular formula is C23H36F2N5O13P. The molecule has 21 heteroatoms. The third-order valence-electron chi connectivity index (χ3n) is 4.94. The van der Waals surface area contributed by atoms with Gasteiger partial charge in [-0.05, 0) is 41.5 Å². The molecule has 2 aromatic rings. The van der Waals surface area contributed by atoms with Crippen molar-refractivity contribution in [3.8, 4) is 5.88 Å². The Labute approximate surface area is 250 Å². The van der Waals surface area contributed by atoms with Gasteiger partial charge in [0.05, 0.1) is 25.1 Å². The first-order valence-corrected chi connectivity index (χ1v) is 14.5. The molecule has 0 aliphatic rings. The van der Waals surface area contributed by atoms with Crippen LogP contribution in [0.1, 0.15) is 47.8 Å². The molecule has 0 saturated carbocycles. The Morgan fingerprint density at radius 2 is 1.61 bits per heavy atom. The van der Waals surface area contributed by atoms with Gasteiger partial charge in [0.1, 0.15) is 19.4 Å². The number of imidazole rings is 1. The van der Waals surface area contributed by atoms with Gasteiger partial charge in [0, 0.05) is 0 Å². The van der Waals surface area contributed by atoms with Gasteiger partial charge in [0.15, 0.2) is 17.4 Å². The van der Waals surface area contributed by atoms with Crippen molar-refractivity contribution in [2.45, 2.75) is 71.9 Å². The predicted molar refractivity (Wildman–Crippen MR) is 143 cm³/mol. The highest BCUT2D eigenvalue weighted by atomic mass is 31.2. The van der Waals surface area contributed by atoms with Crippen molar-refractivity contribution in [2.24, 2.45) is 0 Å². The number of ether oxygens (including phenoxy) is 6. The number of phosphoric ester groups is 1. The van der Waals surface area contributed by atoms with Crippen molar-refractivity contribution < 1.29 is 70.0 Å². The molecule has 0 aromatic carbocycles. The summed E-state index contributed by atoms with van der Waals surface area (Å²) < 4.78 is 88.4. The third-order valence-corrected chi connectivity index (χ3v) is 6.23. The van der Waals surface area contributed by atoms with Gasteiger partial charge < -0.3 is 39.3 Å². The van der Waals surface area contributed by atoms with Crippen LogP contribution in [0.5, 0.6) is 5.88 Å². The molecule has 0 saturated heterocycles. The molecule has 3 atom stereocenters. The fraction of sp³-hybridized carbons (Fsp3) is 0.696. The molecule has 3 N–H and O–H groups in total. The zero-order valence-corrected chi connectivity index (χ0v) is 25.7. The first-order chi connectivity index (χ1) is 20.6. The van der Waals surface area contributed by atoms with E-state index in [9.17, 15) is 23.7 Å². The van der Waals surface area contributed by atoms with E-state index >= 15 is 4.39 Å². The second kappa shape index (κ2) is 16.6. The highest BCUT2D eigenvalue weighted by Crippen LogP contribution is 2.50. The number of halogens is 2. The summed E-state index contributed by atoms with van der Waals surface area (Å²) in [6.07, 6.45) is -6.40. The number of hydrogen-bond donors (Lipinski definition) is 2. The van der Waals surface area contributed by atoms with Gasteiger partial charge in [0.25, 0.3) is 5.85 Å². The molecule has 0 amide bonds. The van der Waals surface area contributed by atoms with E-state index in [1.165, 1.54) is 27.7 Å². The molecule has 2 rings (SSSR count). The van der Waals surface area contributed by atoms with Crippen LogP contribution >= 0.6 is 7.82 Å². The highest BCUT2D eigenvalue weighted by molar-refractivity contribution is 7.48. The Hall–Kier alpha value is -3.42. The monoisotopic (exact) mass is 659 g/mol. The summed E-state index contributed by atoms with van der Waals surface area (Å²) in [5, 5.41) is 10.2. The summed E-state index contributed by atoms with van der Waals surface area (Å²) in [6, 6.07) is 0. The molecule has 0 fully saturated rings. The van der Waals surface area contributed by atoms with E-state index in [4.69, 9.17) is 38.3 Å². The van der Waals surface area contributed by atoms with E-state index in [0.717, 1.165) is 17.8 Å². The number of hydrogen-bond acceptors (Lipinski definition) is 17. The number of phosphoric acid groups is 1. The summed E-state index contributed by atoms with van der Waals surface area (Å²) in [7, 11) is -4.97. The van der Waals surface area contributed by atoms with Crippen LogP contribution in [0.25, 0.3) is 11.2 Å². The fourth-order valence-corrected chi connectivity index (χ4v) is 3.93. The smallest absolute Gasteiger partial charge is 0.476 e. The normalized spacial score (nSPS) is 14.7. The van der Waals surface area contributed by atoms with E-state index in [1.807, 2.05) is 0 Å². The van der Waals surface area contributed by atoms with E-state index in [0.29, 0.717) is 0 Å². The molecule has 0 aliphatic carbocycles. The minimum Gasteiger partial charge on any atom is -0.476 e. The number of fused-ring (bicyclic) bond motifs is 1. The molecule has 0 unspecified atom stereocenters. The average molecular weight is 660 g/mol. The highest BCUT2D eigenvalue weighted by Gasteiger charge is 2.44. The van der Waals surface area contributed by atoms with Crippen LogP contribution in [-0.2, 0) is 41.8 Å². The fourth-order valence-electron chi connectivity index (χ4n) is 3.01. The number of alkyl halides is 2. The topological polar surface area (TPSA) is 224 Å². The molecule has 44 heavy (non-hydrogen) atoms. The molecular weight excluding hydrogens is 623 g/mol. The van der Waals surface area contributed by atoms with Crippen molar-refractivity contribution in [1.82, 2.24) is 19.5 Å². The Morgan fingerprint density at radius 3 is 2.09 bits per heavy atom. The number of aliphatic hydroxyl groups is 1. The standard InChI is InChI=1S/C23H36F2N5O13P/c1-7-35-19-17-18(28-20(26)29-19)30(10-27-17)16(8-24)43-23(25,15(6)31)9-38-44(34,39-11-36-21(32)41-13(2)3)40-12-37-22(33)42-14(4)5/h10,13-16,31H,7-9,11-12H2,1-6H3,(H2,26,28,29)/t15-,16+,23+/m0/s1. The maximum Gasteiger partial charge on any atom is 0.510 e. The number of carbonyl (C=O) groups excluding carboxylic acids is 2. The van der Waals surface area contributed by atoms with Gasteiger partial charge in [-0.1, -0.05) is 0 Å². The second-order valence-electron chi connectivity index (χ2n) is 9.17. The van der Waals surface area contributed by atoms with Crippen LogP contribution in [0, 0.1) is 0 Å². The molecule has 0 bridgehead atoms. The molecule has 0 spiro atoms. The summed E-state index contributed by atoms with van der Waals surface area (Å²) >= 11 is 0. The number of rotatable bonds is 18. The lowest BCUT2D eigenvalue weighted by atomic mass is 10.2. The van der Waals surface area contributed by atoms with E-state index in [1.54, 1.807) is 6.92 Å². The van der Waals surface area contributed by atoms with E-state index in [-0.39, 0.29) is 29.6 Å². The summed E-state index contributed by atoms with van der Waals surface area (Å²) in [4.78, 5) is 35.2. The van der Waals surface area contributed by atoms with E-state index in [2.05, 4.69) is 24.4 Å². The molecule has 2 heterocycles. The minimum absolute atomic E-state index is 0.0223. The Morgan fingerprint density at radius 1 is 1.05 bits per heavy atom. The molecule has 250 valence electrons. The van der Waals surface area contributed by atoms with Gasteiger partial charge >= 0.3 is 20.1 Å². The number of nitrogens with two attached hydrogens (primary N) is 1. The second-order valence-corrected chi connectivity index (χ2v) is 10.8. The van der Waals surface area contributed by atoms with Gasteiger partial charge in [-0.2, -0.15) is 9.97 Å². The summed E-state index contributed by atoms with van der Waals surface area (Å²) in [6.45, 7) is 3.92. The van der Waals surface area contributed by atoms with Gasteiger partial charge in [0.2, 0.25) is 25.4 Å². The zero-order chi connectivity index (χ0) is 33.1. The quantitative estimate of drug-likeness (QED) is 0.133. The van der Waals surface area contributed by atoms with Gasteiger partial charge in [-0.25, -0.2) is 37.0 Å². The van der Waals surface area contributed by atoms with Crippen molar-refractivity contribution >= 4 is 37.2 Å². The minimum atomic E-state index is -4.97. The number of aromatic nitrogens is 4. The maximum atomic E-state index is 16.0. The zero-order valence-electron chi connectivity index (χ0n) is 24.8. The number of nitrogens with zero attached hydrogens (tertiary/aromatic N) is 4. The van der Waals surface area contributed by atoms with Crippen LogP contribution in [0.4, 0.5) is 24.3 Å². The molecule has 18 nitrogen and oxygen atoms in total. The van der Waals surface area contributed by atoms with Crippen molar-refractivity contribution in [3.05, 3.63) is 6.33 Å². The first-order valence-electron chi connectivity index (χ1n) is 13.1. The van der Waals surface area contributed by atoms with Crippen molar-refractivity contribution in [1.29, 1.82) is 0 Å². The van der Waals surface area contributed by atoms with Crippen molar-refractivity contribution in [3.63, 3.8) is 0 Å². The summed E-state index contributed by atoms with van der Waals surface area (Å²) in [5.74, 6) is -3.59. The molecule has 0 aliphatic heterocycles. The van der Waals surface area contributed by atoms with Gasteiger partial charge in [-0.15, -0.1) is 0 Å². The van der Waals surface area contributed by atoms with Crippen LogP contribution in [0.2, 0.25) is 0 Å². The lowest BCUT2D eigenvalue weighted by Crippen LogP contribution is -2.45. The lowest BCUT2D eigenvalue weighted by molar-refractivity contribution is -0.261. The average Bonchev–Trinajstić information content (AvgIpc) is 3.33. The SMILES string of the molecule is CCOc1nc(N)nc2c1ncn2[C@@H](CF)O[C@](F)(COP(=O)(OCOC(=O)OC(C)C)OCOC(=O)OC(C)C)[C@H](C)O. The number of carbonyl (C=O) groups is 2. The van der Waals surface area contributed by atoms with Crippen LogP contribution < -0.4 is 10.5 Å². The number of aliphatic hydroxyl groups excluding tert-OH is 1. The predicted octanol–water partition coefficient (Wildman–Crippen LogP) is 3.53. The van der Waals surface area contributed by atoms with Crippen LogP contribution in [0.3, 0.4) is 0 Å². The maximum absolute atomic E-state index is 16.0. The Bertz CT molecular complexity index is 1250. The Balaban J connectivity index is 2.25. The largest absolute Gasteiger partial charge is 0.510 e. The number of nitrogen functional groups attached to an aromatic ring is 1. The van der Waals surface area contributed by atoms with Crippen LogP contribution in [-0.4, -0.2) is 94.6 Å². The summed E-state index contributed by atoms with van der Waals surface area (Å²) in [5.41, 5.74) is 5.67. The molecule has 0 radical (unpaired) electrons. The molecule has 2 aromatic heterocycles. The third kappa shape index (κ3) is 10.9.